The van der Waals surface area contributed by atoms with Crippen molar-refractivity contribution in [2.75, 3.05) is 79.0 Å². The lowest BCUT2D eigenvalue weighted by Gasteiger charge is -2.14. The highest BCUT2D eigenvalue weighted by Crippen LogP contribution is 2.14. The van der Waals surface area contributed by atoms with Crippen LogP contribution in [0, 0.1) is 0 Å². The number of nitrogens with one attached hydrogen (secondary N) is 5. The van der Waals surface area contributed by atoms with Gasteiger partial charge in [0.2, 0.25) is 29.5 Å². The van der Waals surface area contributed by atoms with E-state index in [4.69, 9.17) is 24.1 Å². The molecule has 0 saturated heterocycles. The number of aliphatic carboxylic acids is 2. The molecule has 0 aliphatic rings. The largest absolute Gasteiger partial charge is 0.481 e. The van der Waals surface area contributed by atoms with Crippen molar-refractivity contribution in [2.24, 2.45) is 0 Å². The first kappa shape index (κ1) is 57.8. The molecule has 0 bridgehead atoms. The van der Waals surface area contributed by atoms with Crippen molar-refractivity contribution in [3.05, 3.63) is 0 Å². The maximum absolute atomic E-state index is 12.1. The molecule has 1 unspecified atom stereocenters. The van der Waals surface area contributed by atoms with E-state index in [1.165, 1.54) is 51.4 Å². The van der Waals surface area contributed by atoms with Gasteiger partial charge >= 0.3 is 11.9 Å². The highest BCUT2D eigenvalue weighted by Gasteiger charge is 2.21. The van der Waals surface area contributed by atoms with Crippen molar-refractivity contribution in [1.29, 1.82) is 0 Å². The van der Waals surface area contributed by atoms with E-state index in [2.05, 4.69) is 26.6 Å². The molecule has 19 nitrogen and oxygen atoms in total. The van der Waals surface area contributed by atoms with Gasteiger partial charge in [0.15, 0.2) is 0 Å². The Hall–Kier alpha value is -4.20. The van der Waals surface area contributed by atoms with Crippen molar-refractivity contribution < 1.29 is 67.5 Å². The molecule has 0 saturated carbocycles. The second-order valence-electron chi connectivity index (χ2n) is 15.0. The van der Waals surface area contributed by atoms with Crippen LogP contribution in [-0.4, -0.2) is 143 Å². The normalized spacial score (nSPS) is 11.4. The van der Waals surface area contributed by atoms with Crippen molar-refractivity contribution in [2.45, 2.75) is 147 Å². The molecule has 0 aromatic rings. The monoisotopic (exact) mass is 888 g/mol. The summed E-state index contributed by atoms with van der Waals surface area (Å²) in [4.78, 5) is 92.1. The number of unbranched alkanes of at least 4 members (excludes halogenated alkanes) is 14. The lowest BCUT2D eigenvalue weighted by Crippen LogP contribution is -2.43. The molecular formula is C43H77N5O14. The third-order valence-corrected chi connectivity index (χ3v) is 9.41. The lowest BCUT2D eigenvalue weighted by molar-refractivity contribution is -0.143. The molecule has 0 aromatic heterocycles. The maximum atomic E-state index is 12.1. The van der Waals surface area contributed by atoms with E-state index in [1.54, 1.807) is 0 Å². The standard InChI is InChI=1S/C43H77N5O14/c49-27-16-15-23-44-39(52)22-21-36(43(57)58)48-41(54)35-62-33-31-60-29-26-47-40(53)34-61-32-30-59-28-25-46-38(51)19-17-24-45-37(50)18-13-11-9-7-5-3-1-2-4-6-8-10-12-14-20-42(55)56/h27,36H,1-26,28-35H2,(H,44,52)(H,45,50)(H,46,51)(H,47,53)(H,48,54)(H,55,56)(H,57,58). The molecule has 1 atom stereocenters. The van der Waals surface area contributed by atoms with Crippen LogP contribution < -0.4 is 26.6 Å². The van der Waals surface area contributed by atoms with Gasteiger partial charge < -0.3 is 60.5 Å². The highest BCUT2D eigenvalue weighted by molar-refractivity contribution is 5.85. The predicted octanol–water partition coefficient (Wildman–Crippen LogP) is 2.95. The van der Waals surface area contributed by atoms with E-state index in [0.29, 0.717) is 51.7 Å². The molecule has 5 amide bonds. The number of hydrogen-bond donors (Lipinski definition) is 7. The first-order valence-electron chi connectivity index (χ1n) is 22.6. The zero-order valence-corrected chi connectivity index (χ0v) is 37.0. The van der Waals surface area contributed by atoms with Gasteiger partial charge in [-0.2, -0.15) is 0 Å². The molecule has 0 radical (unpaired) electrons. The fourth-order valence-electron chi connectivity index (χ4n) is 5.95. The van der Waals surface area contributed by atoms with Crippen LogP contribution in [0.3, 0.4) is 0 Å². The second kappa shape index (κ2) is 43.4. The first-order valence-corrected chi connectivity index (χ1v) is 22.6. The summed E-state index contributed by atoms with van der Waals surface area (Å²) in [7, 11) is 0. The molecule has 0 spiro atoms. The quantitative estimate of drug-likeness (QED) is 0.0342. The zero-order chi connectivity index (χ0) is 45.7. The summed E-state index contributed by atoms with van der Waals surface area (Å²) in [6.45, 7) is 1.87. The van der Waals surface area contributed by atoms with E-state index in [9.17, 15) is 43.5 Å². The van der Waals surface area contributed by atoms with Crippen molar-refractivity contribution >= 4 is 47.8 Å². The van der Waals surface area contributed by atoms with E-state index in [-0.39, 0.29) is 95.7 Å². The van der Waals surface area contributed by atoms with Gasteiger partial charge in [-0.1, -0.05) is 77.0 Å². The number of carboxylic acid groups (broad SMARTS) is 2. The number of aldehydes is 1. The molecule has 358 valence electrons. The third-order valence-electron chi connectivity index (χ3n) is 9.41. The summed E-state index contributed by atoms with van der Waals surface area (Å²) in [5, 5.41) is 31.1. The lowest BCUT2D eigenvalue weighted by atomic mass is 10.0. The van der Waals surface area contributed by atoms with Crippen LogP contribution in [-0.2, 0) is 57.3 Å². The molecule has 7 N–H and O–H groups in total. The second-order valence-corrected chi connectivity index (χ2v) is 15.0. The molecule has 0 aliphatic heterocycles. The minimum absolute atomic E-state index is 0.0218. The Morgan fingerprint density at radius 2 is 0.823 bits per heavy atom. The SMILES string of the molecule is O=CCCCNC(=O)CCC(NC(=O)COCCOCCNC(=O)COCCOCCNC(=O)CCCNC(=O)CCCCCCCCCCCCCCCCC(=O)O)C(=O)O. The van der Waals surface area contributed by atoms with Gasteiger partial charge in [0, 0.05) is 58.3 Å². The van der Waals surface area contributed by atoms with E-state index in [0.717, 1.165) is 44.8 Å². The van der Waals surface area contributed by atoms with Gasteiger partial charge in [0.1, 0.15) is 25.5 Å². The van der Waals surface area contributed by atoms with E-state index in [1.807, 2.05) is 0 Å². The predicted molar refractivity (Wildman–Crippen MR) is 230 cm³/mol. The van der Waals surface area contributed by atoms with Crippen LogP contribution in [0.15, 0.2) is 0 Å². The smallest absolute Gasteiger partial charge is 0.326 e. The molecule has 0 aromatic carbocycles. The minimum Gasteiger partial charge on any atom is -0.481 e. The Balaban J connectivity index is 3.53. The Morgan fingerprint density at radius 3 is 1.32 bits per heavy atom. The summed E-state index contributed by atoms with van der Waals surface area (Å²) in [5.41, 5.74) is 0. The number of rotatable bonds is 46. The van der Waals surface area contributed by atoms with Crippen LogP contribution in [0.2, 0.25) is 0 Å². The highest BCUT2D eigenvalue weighted by atomic mass is 16.5. The van der Waals surface area contributed by atoms with Gasteiger partial charge in [0.25, 0.3) is 0 Å². The van der Waals surface area contributed by atoms with Crippen molar-refractivity contribution in [1.82, 2.24) is 26.6 Å². The zero-order valence-electron chi connectivity index (χ0n) is 37.0. The number of carbonyl (C=O) groups is 8. The van der Waals surface area contributed by atoms with Crippen LogP contribution in [0.4, 0.5) is 0 Å². The van der Waals surface area contributed by atoms with E-state index >= 15 is 0 Å². The summed E-state index contributed by atoms with van der Waals surface area (Å²) in [6.07, 6.45) is 18.9. The minimum atomic E-state index is -1.28. The van der Waals surface area contributed by atoms with Crippen molar-refractivity contribution in [3.63, 3.8) is 0 Å². The Kier molecular flexibility index (Phi) is 40.5. The fraction of sp³-hybridized carbons (Fsp3) is 0.814. The Bertz CT molecular complexity index is 1230. The van der Waals surface area contributed by atoms with Crippen LogP contribution in [0.25, 0.3) is 0 Å². The van der Waals surface area contributed by atoms with Gasteiger partial charge in [-0.05, 0) is 32.1 Å². The van der Waals surface area contributed by atoms with Gasteiger partial charge in [-0.15, -0.1) is 0 Å². The summed E-state index contributed by atoms with van der Waals surface area (Å²) in [6, 6.07) is -1.26. The summed E-state index contributed by atoms with van der Waals surface area (Å²) >= 11 is 0. The average Bonchev–Trinajstić information content (AvgIpc) is 3.24. The number of hydrogen-bond acceptors (Lipinski definition) is 12. The molecule has 19 heteroatoms. The number of amides is 5. The number of ether oxygens (including phenoxy) is 4. The summed E-state index contributed by atoms with van der Waals surface area (Å²) in [5.74, 6) is -3.44. The fourth-order valence-corrected chi connectivity index (χ4v) is 5.95. The average molecular weight is 888 g/mol. The van der Waals surface area contributed by atoms with Gasteiger partial charge in [-0.3, -0.25) is 28.8 Å². The van der Waals surface area contributed by atoms with Gasteiger partial charge in [-0.25, -0.2) is 4.79 Å². The molecule has 62 heavy (non-hydrogen) atoms. The molecule has 0 aliphatic carbocycles. The van der Waals surface area contributed by atoms with Gasteiger partial charge in [0.05, 0.1) is 39.6 Å². The van der Waals surface area contributed by atoms with Crippen LogP contribution in [0.1, 0.15) is 141 Å². The third kappa shape index (κ3) is 42.5. The Morgan fingerprint density at radius 1 is 0.419 bits per heavy atom. The molecule has 0 heterocycles. The summed E-state index contributed by atoms with van der Waals surface area (Å²) < 4.78 is 21.2. The molecular weight excluding hydrogens is 810 g/mol. The molecule has 0 rings (SSSR count). The Labute approximate surface area is 367 Å². The maximum Gasteiger partial charge on any atom is 0.326 e. The molecule has 0 fully saturated rings. The number of carbonyl (C=O) groups excluding carboxylic acids is 6. The van der Waals surface area contributed by atoms with Crippen molar-refractivity contribution in [3.8, 4) is 0 Å². The topological polar surface area (TPSA) is 274 Å². The van der Waals surface area contributed by atoms with Crippen LogP contribution >= 0.6 is 0 Å². The first-order chi connectivity index (χ1) is 30.0. The van der Waals surface area contributed by atoms with Crippen LogP contribution in [0.5, 0.6) is 0 Å². The van der Waals surface area contributed by atoms with E-state index < -0.39 is 30.5 Å². The number of carboxylic acids is 2.